The summed E-state index contributed by atoms with van der Waals surface area (Å²) in [5.41, 5.74) is 3.94. The molecule has 0 amide bonds. The molecule has 1 fully saturated rings. The summed E-state index contributed by atoms with van der Waals surface area (Å²) in [6, 6.07) is 28.0. The van der Waals surface area contributed by atoms with E-state index in [1.54, 1.807) is 0 Å². The van der Waals surface area contributed by atoms with Crippen LogP contribution >= 0.6 is 28.2 Å². The summed E-state index contributed by atoms with van der Waals surface area (Å²) >= 11 is 1.82. The summed E-state index contributed by atoms with van der Waals surface area (Å²) in [5.74, 6) is 0. The second kappa shape index (κ2) is 31.4. The predicted octanol–water partition coefficient (Wildman–Crippen LogP) is 7.76. The summed E-state index contributed by atoms with van der Waals surface area (Å²) < 4.78 is 0. The first-order valence-electron chi connectivity index (χ1n) is 11.3. The molecule has 4 unspecified atom stereocenters. The molecule has 3 aromatic carbocycles. The first kappa shape index (κ1) is 49.3. The monoisotopic (exact) mass is 761 g/mol. The van der Waals surface area contributed by atoms with Gasteiger partial charge in [-0.3, -0.25) is 0 Å². The van der Waals surface area contributed by atoms with E-state index < -0.39 is 0 Å². The molecule has 3 aromatic rings. The molecule has 216 valence electrons. The van der Waals surface area contributed by atoms with E-state index in [1.165, 1.54) is 53.0 Å². The molecule has 38 heavy (non-hydrogen) atoms. The quantitative estimate of drug-likeness (QED) is 0.182. The van der Waals surface area contributed by atoms with Crippen LogP contribution in [0.1, 0.15) is 49.8 Å². The van der Waals surface area contributed by atoms with Gasteiger partial charge in [-0.1, -0.05) is 129 Å². The van der Waals surface area contributed by atoms with Crippen molar-refractivity contribution in [1.29, 1.82) is 0 Å². The van der Waals surface area contributed by atoms with Gasteiger partial charge in [-0.2, -0.15) is 12.1 Å². The van der Waals surface area contributed by atoms with Crippen LogP contribution < -0.4 is 10.6 Å². The van der Waals surface area contributed by atoms with Crippen molar-refractivity contribution >= 4 is 38.8 Å². The third-order valence-electron chi connectivity index (χ3n) is 5.74. The van der Waals surface area contributed by atoms with E-state index in [1.807, 2.05) is 35.5 Å². The molecule has 2 nitrogen and oxygen atoms in total. The van der Waals surface area contributed by atoms with E-state index >= 15 is 0 Å². The fraction of sp³-hybridized carbons (Fsp3) is 0.357. The third kappa shape index (κ3) is 20.4. The maximum atomic E-state index is 5.02. The van der Waals surface area contributed by atoms with E-state index in [4.69, 9.17) is 10.6 Å². The standard InChI is InChI=1S/C20H26N2P2.C7H8.CH4.4Ar.ClH.Ru/c23-19-11-5-1-7-15(19)13-21-17-9-3-4-10-18(17)22-14-16-8-2-6-12-20(16)24;1-7-5-3-2-4-6-7;;;;;;;/h1-2,5-8,11-12,17-18H,3-4,9-10,13-14,23-24H2;2-6H,1H3;1H4;;;;;1H;/q-2;;;;;;;;+4/p-1. The number of hydrogen-bond donors (Lipinski definition) is 0. The molecule has 0 saturated heterocycles. The molecule has 1 aliphatic carbocycles. The topological polar surface area (TPSA) is 28.2 Å². The number of rotatable bonds is 6. The van der Waals surface area contributed by atoms with Crippen LogP contribution in [0.15, 0.2) is 78.9 Å². The second-order valence-corrected chi connectivity index (χ2v) is 9.40. The molecule has 0 radical (unpaired) electrons. The molecule has 0 heterocycles. The Morgan fingerprint density at radius 3 is 1.32 bits per heavy atom. The van der Waals surface area contributed by atoms with Gasteiger partial charge in [0.15, 0.2) is 0 Å². The first-order valence-corrected chi connectivity index (χ1v) is 14.7. The Kier molecular flexibility index (Phi) is 40.7. The van der Waals surface area contributed by atoms with Gasteiger partial charge in [0.1, 0.15) is 0 Å². The Morgan fingerprint density at radius 2 is 1.00 bits per heavy atom. The average Bonchev–Trinajstić information content (AvgIpc) is 2.86. The van der Waals surface area contributed by atoms with Crippen LogP contribution in [0.5, 0.6) is 0 Å². The van der Waals surface area contributed by atoms with Gasteiger partial charge in [-0.25, -0.2) is 0 Å². The van der Waals surface area contributed by atoms with Crippen molar-refractivity contribution in [3.05, 3.63) is 106 Å². The summed E-state index contributed by atoms with van der Waals surface area (Å²) in [6.45, 7) is 3.69. The summed E-state index contributed by atoms with van der Waals surface area (Å²) in [4.78, 5) is 0. The maximum absolute atomic E-state index is 5.02. The third-order valence-corrected chi connectivity index (χ3v) is 6.86. The normalized spacial score (nSPS) is 14.9. The minimum atomic E-state index is 0. The van der Waals surface area contributed by atoms with E-state index in [-0.39, 0.29) is 158 Å². The van der Waals surface area contributed by atoms with Crippen LogP contribution in [0.25, 0.3) is 10.6 Å². The van der Waals surface area contributed by atoms with Crippen LogP contribution in [0, 0.1) is 158 Å². The first-order chi connectivity index (χ1) is 16.1. The fourth-order valence-corrected chi connectivity index (χ4v) is 4.44. The van der Waals surface area contributed by atoms with E-state index in [0.29, 0.717) is 12.1 Å². The van der Waals surface area contributed by atoms with Crippen LogP contribution in [-0.4, -0.2) is 12.1 Å². The van der Waals surface area contributed by atoms with Crippen molar-refractivity contribution in [2.75, 3.05) is 0 Å². The van der Waals surface area contributed by atoms with Crippen molar-refractivity contribution in [3.8, 4) is 0 Å². The zero-order valence-corrected chi connectivity index (χ0v) is 28.2. The molecule has 0 aliphatic heterocycles. The Bertz CT molecular complexity index is 888. The molecular weight excluding hydrogens is 723 g/mol. The zero-order chi connectivity index (χ0) is 23.9. The molecule has 0 aromatic heterocycles. The van der Waals surface area contributed by atoms with Crippen LogP contribution in [0.4, 0.5) is 0 Å². The summed E-state index contributed by atoms with van der Waals surface area (Å²) in [5, 5.41) is 12.5. The summed E-state index contributed by atoms with van der Waals surface area (Å²) in [7, 11) is 10.2. The molecule has 4 rings (SSSR count). The molecule has 1 aliphatic rings. The molecule has 0 spiro atoms. The van der Waals surface area contributed by atoms with Gasteiger partial charge in [-0.05, 0) is 17.5 Å². The Balaban J connectivity index is -0.000000359. The number of hydrogen-bond acceptors (Lipinski definition) is 0. The Hall–Kier alpha value is 4.39. The average molecular weight is 761 g/mol. The number of nitrogens with zero attached hydrogens (tertiary/aromatic N) is 2. The number of benzene rings is 3. The molecule has 1 saturated carbocycles. The predicted molar refractivity (Wildman–Crippen MR) is 156 cm³/mol. The van der Waals surface area contributed by atoms with Crippen molar-refractivity contribution in [2.24, 2.45) is 0 Å². The van der Waals surface area contributed by atoms with Crippen LogP contribution in [0.2, 0.25) is 0 Å². The summed E-state index contributed by atoms with van der Waals surface area (Å²) in [6.07, 6.45) is 4.91. The van der Waals surface area contributed by atoms with Crippen LogP contribution in [-0.2, 0) is 30.4 Å². The molecule has 4 atom stereocenters. The van der Waals surface area contributed by atoms with E-state index in [2.05, 4.69) is 95.8 Å². The van der Waals surface area contributed by atoms with Gasteiger partial charge in [0.2, 0.25) is 0 Å². The molecule has 0 bridgehead atoms. The number of aryl methyl sites for hydroxylation is 1. The second-order valence-electron chi connectivity index (χ2n) is 8.15. The van der Waals surface area contributed by atoms with Gasteiger partial charge in [0.05, 0.1) is 0 Å². The fourth-order valence-electron chi connectivity index (χ4n) is 3.84. The molecule has 10 heteroatoms. The minimum absolute atomic E-state index is 0. The molecule has 0 N–H and O–H groups in total. The SMILES string of the molecule is C.Cc1ccccc1.Pc1ccccc1C[N-]C1CCCCC1[N-]Cc1ccccc1P.[Ar].[Ar].[Ar].[Ar].[Cl][Ru+3]. The number of halogens is 1. The van der Waals surface area contributed by atoms with Gasteiger partial charge in [0, 0.05) is 151 Å². The van der Waals surface area contributed by atoms with E-state index in [0.717, 1.165) is 13.1 Å². The zero-order valence-electron chi connectivity index (χ0n) is 20.6. The van der Waals surface area contributed by atoms with Crippen LogP contribution in [0.3, 0.4) is 0 Å². The van der Waals surface area contributed by atoms with Crippen molar-refractivity contribution in [2.45, 2.75) is 65.2 Å². The Labute approximate surface area is 371 Å². The van der Waals surface area contributed by atoms with Crippen molar-refractivity contribution in [3.63, 3.8) is 0 Å². The van der Waals surface area contributed by atoms with Crippen molar-refractivity contribution < 1.29 is 168 Å². The van der Waals surface area contributed by atoms with Gasteiger partial charge in [0.25, 0.3) is 0 Å². The van der Waals surface area contributed by atoms with Gasteiger partial charge in [-0.15, -0.1) is 31.6 Å². The van der Waals surface area contributed by atoms with Gasteiger partial charge >= 0.3 is 27.0 Å². The van der Waals surface area contributed by atoms with Crippen molar-refractivity contribution in [1.82, 2.24) is 0 Å². The van der Waals surface area contributed by atoms with Gasteiger partial charge < -0.3 is 10.6 Å². The molecular formula is C28H38Ar4ClN2P2Ru+. The van der Waals surface area contributed by atoms with E-state index in [9.17, 15) is 0 Å². The Morgan fingerprint density at radius 1 is 0.658 bits per heavy atom.